The number of nitrogens with one attached hydrogen (secondary N) is 1. The zero-order valence-electron chi connectivity index (χ0n) is 12.0. The molecule has 4 nitrogen and oxygen atoms in total. The van der Waals surface area contributed by atoms with Crippen molar-refractivity contribution in [3.63, 3.8) is 0 Å². The van der Waals surface area contributed by atoms with E-state index in [1.54, 1.807) is 18.3 Å². The number of aromatic nitrogens is 2. The largest absolute Gasteiger partial charge is 0.508 e. The maximum absolute atomic E-state index is 9.53. The number of fused-ring (bicyclic) bond motifs is 1. The lowest BCUT2D eigenvalue weighted by Gasteiger charge is -2.04. The predicted octanol–water partition coefficient (Wildman–Crippen LogP) is 4.50. The molecule has 0 saturated heterocycles. The van der Waals surface area contributed by atoms with Crippen molar-refractivity contribution < 1.29 is 9.63 Å². The zero-order valence-corrected chi connectivity index (χ0v) is 12.0. The highest BCUT2D eigenvalue weighted by Crippen LogP contribution is 2.39. The lowest BCUT2D eigenvalue weighted by atomic mass is 9.99. The van der Waals surface area contributed by atoms with Gasteiger partial charge in [0.1, 0.15) is 11.5 Å². The van der Waals surface area contributed by atoms with E-state index in [9.17, 15) is 5.11 Å². The van der Waals surface area contributed by atoms with Gasteiger partial charge in [-0.3, -0.25) is 0 Å². The van der Waals surface area contributed by atoms with Crippen LogP contribution < -0.4 is 0 Å². The van der Waals surface area contributed by atoms with Crippen LogP contribution in [-0.2, 0) is 0 Å². The second-order valence-electron chi connectivity index (χ2n) is 5.26. The Balaban J connectivity index is 2.06. The quantitative estimate of drug-likeness (QED) is 0.571. The van der Waals surface area contributed by atoms with Gasteiger partial charge < -0.3 is 14.6 Å². The Bertz CT molecular complexity index is 949. The summed E-state index contributed by atoms with van der Waals surface area (Å²) in [5, 5.41) is 14.5. The SMILES string of the molecule is Cc1oncc1-c1[nH]c2ccccc2c1-c1ccc(O)cc1. The number of aryl methyl sites for hydroxylation is 1. The molecule has 0 bridgehead atoms. The van der Waals surface area contributed by atoms with Crippen molar-refractivity contribution in [2.24, 2.45) is 0 Å². The van der Waals surface area contributed by atoms with Crippen LogP contribution in [-0.4, -0.2) is 15.2 Å². The van der Waals surface area contributed by atoms with Gasteiger partial charge in [0.05, 0.1) is 17.5 Å². The zero-order chi connectivity index (χ0) is 15.1. The Labute approximate surface area is 127 Å². The summed E-state index contributed by atoms with van der Waals surface area (Å²) < 4.78 is 5.21. The molecule has 0 unspecified atom stereocenters. The average Bonchev–Trinajstić information content (AvgIpc) is 3.11. The first-order chi connectivity index (χ1) is 10.7. The Hall–Kier alpha value is -3.01. The molecule has 0 fully saturated rings. The fourth-order valence-corrected chi connectivity index (χ4v) is 2.81. The number of para-hydroxylation sites is 1. The smallest absolute Gasteiger partial charge is 0.142 e. The number of nitrogens with zero attached hydrogens (tertiary/aromatic N) is 1. The first-order valence-corrected chi connectivity index (χ1v) is 7.06. The second kappa shape index (κ2) is 4.77. The van der Waals surface area contributed by atoms with E-state index >= 15 is 0 Å². The standard InChI is InChI=1S/C18H14N2O2/c1-11-15(10-19-22-11)18-17(12-6-8-13(21)9-7-12)14-4-2-3-5-16(14)20-18/h2-10,20-21H,1H3. The molecule has 4 aromatic rings. The van der Waals surface area contributed by atoms with E-state index < -0.39 is 0 Å². The monoisotopic (exact) mass is 290 g/mol. The van der Waals surface area contributed by atoms with Crippen molar-refractivity contribution in [3.05, 3.63) is 60.5 Å². The highest BCUT2D eigenvalue weighted by atomic mass is 16.5. The molecule has 22 heavy (non-hydrogen) atoms. The molecule has 2 N–H and O–H groups in total. The van der Waals surface area contributed by atoms with E-state index in [2.05, 4.69) is 16.2 Å². The van der Waals surface area contributed by atoms with Crippen molar-refractivity contribution in [2.75, 3.05) is 0 Å². The molecule has 0 saturated carbocycles. The first kappa shape index (κ1) is 12.7. The first-order valence-electron chi connectivity index (χ1n) is 7.06. The van der Waals surface area contributed by atoms with Crippen LogP contribution in [0.15, 0.2) is 59.3 Å². The number of aromatic hydroxyl groups is 1. The maximum Gasteiger partial charge on any atom is 0.142 e. The van der Waals surface area contributed by atoms with E-state index in [0.717, 1.165) is 39.0 Å². The van der Waals surface area contributed by atoms with Gasteiger partial charge in [-0.25, -0.2) is 0 Å². The topological polar surface area (TPSA) is 62.0 Å². The third-order valence-electron chi connectivity index (χ3n) is 3.88. The maximum atomic E-state index is 9.53. The number of aromatic amines is 1. The molecule has 4 rings (SSSR count). The number of hydrogen-bond acceptors (Lipinski definition) is 3. The minimum Gasteiger partial charge on any atom is -0.508 e. The molecule has 108 valence electrons. The molecule has 0 aliphatic carbocycles. The third kappa shape index (κ3) is 1.89. The Morgan fingerprint density at radius 3 is 2.55 bits per heavy atom. The van der Waals surface area contributed by atoms with Crippen LogP contribution in [0.2, 0.25) is 0 Å². The van der Waals surface area contributed by atoms with Gasteiger partial charge in [0, 0.05) is 16.5 Å². The summed E-state index contributed by atoms with van der Waals surface area (Å²) in [6.45, 7) is 1.90. The van der Waals surface area contributed by atoms with Crippen LogP contribution in [0.4, 0.5) is 0 Å². The van der Waals surface area contributed by atoms with Crippen LogP contribution in [0.5, 0.6) is 5.75 Å². The van der Waals surface area contributed by atoms with Crippen LogP contribution in [0, 0.1) is 6.92 Å². The summed E-state index contributed by atoms with van der Waals surface area (Å²) in [7, 11) is 0. The Morgan fingerprint density at radius 1 is 1.05 bits per heavy atom. The van der Waals surface area contributed by atoms with Crippen LogP contribution in [0.3, 0.4) is 0 Å². The van der Waals surface area contributed by atoms with Crippen molar-refractivity contribution in [3.8, 4) is 28.1 Å². The Morgan fingerprint density at radius 2 is 1.82 bits per heavy atom. The molecule has 0 spiro atoms. The van der Waals surface area contributed by atoms with Gasteiger partial charge in [-0.1, -0.05) is 35.5 Å². The molecule has 0 aliphatic heterocycles. The van der Waals surface area contributed by atoms with Gasteiger partial charge in [0.25, 0.3) is 0 Å². The van der Waals surface area contributed by atoms with E-state index in [-0.39, 0.29) is 5.75 Å². The summed E-state index contributed by atoms with van der Waals surface area (Å²) in [5.74, 6) is 1.03. The van der Waals surface area contributed by atoms with Crippen molar-refractivity contribution in [2.45, 2.75) is 6.92 Å². The van der Waals surface area contributed by atoms with Gasteiger partial charge in [0.2, 0.25) is 0 Å². The third-order valence-corrected chi connectivity index (χ3v) is 3.88. The summed E-state index contributed by atoms with van der Waals surface area (Å²) in [4.78, 5) is 3.46. The summed E-state index contributed by atoms with van der Waals surface area (Å²) >= 11 is 0. The predicted molar refractivity (Wildman–Crippen MR) is 85.6 cm³/mol. The molecule has 4 heteroatoms. The van der Waals surface area contributed by atoms with Crippen molar-refractivity contribution >= 4 is 10.9 Å². The summed E-state index contributed by atoms with van der Waals surface area (Å²) in [6.07, 6.45) is 1.73. The number of rotatable bonds is 2. The minimum absolute atomic E-state index is 0.256. The van der Waals surface area contributed by atoms with E-state index in [4.69, 9.17) is 4.52 Å². The lowest BCUT2D eigenvalue weighted by Crippen LogP contribution is -1.83. The van der Waals surface area contributed by atoms with Crippen molar-refractivity contribution in [1.29, 1.82) is 0 Å². The number of benzene rings is 2. The van der Waals surface area contributed by atoms with Crippen LogP contribution >= 0.6 is 0 Å². The van der Waals surface area contributed by atoms with E-state index in [1.165, 1.54) is 0 Å². The molecule has 0 amide bonds. The average molecular weight is 290 g/mol. The molecule has 2 aromatic heterocycles. The molecular formula is C18H14N2O2. The van der Waals surface area contributed by atoms with E-state index in [0.29, 0.717) is 0 Å². The molecule has 0 atom stereocenters. The van der Waals surface area contributed by atoms with Gasteiger partial charge in [-0.15, -0.1) is 0 Å². The highest BCUT2D eigenvalue weighted by Gasteiger charge is 2.18. The number of phenols is 1. The second-order valence-corrected chi connectivity index (χ2v) is 5.26. The Kier molecular flexibility index (Phi) is 2.76. The number of phenolic OH excluding ortho intramolecular Hbond substituents is 1. The van der Waals surface area contributed by atoms with Gasteiger partial charge >= 0.3 is 0 Å². The van der Waals surface area contributed by atoms with Crippen molar-refractivity contribution in [1.82, 2.24) is 10.1 Å². The fraction of sp³-hybridized carbons (Fsp3) is 0.0556. The number of H-pyrrole nitrogens is 1. The van der Waals surface area contributed by atoms with Crippen LogP contribution in [0.1, 0.15) is 5.76 Å². The van der Waals surface area contributed by atoms with Crippen LogP contribution in [0.25, 0.3) is 33.3 Å². The molecule has 0 radical (unpaired) electrons. The lowest BCUT2D eigenvalue weighted by molar-refractivity contribution is 0.398. The van der Waals surface area contributed by atoms with Gasteiger partial charge in [-0.2, -0.15) is 0 Å². The minimum atomic E-state index is 0.256. The molecule has 2 aromatic carbocycles. The fourth-order valence-electron chi connectivity index (χ4n) is 2.81. The van der Waals surface area contributed by atoms with Gasteiger partial charge in [-0.05, 0) is 30.7 Å². The highest BCUT2D eigenvalue weighted by molar-refractivity contribution is 6.03. The van der Waals surface area contributed by atoms with E-state index in [1.807, 2.05) is 37.3 Å². The summed E-state index contributed by atoms with van der Waals surface area (Å²) in [5.41, 5.74) is 5.10. The summed E-state index contributed by atoms with van der Waals surface area (Å²) in [6, 6.07) is 15.4. The molecule has 2 heterocycles. The number of hydrogen-bond donors (Lipinski definition) is 2. The normalized spacial score (nSPS) is 11.1. The van der Waals surface area contributed by atoms with Gasteiger partial charge in [0.15, 0.2) is 0 Å². The molecule has 0 aliphatic rings. The molecular weight excluding hydrogens is 276 g/mol.